The zero-order valence-electron chi connectivity index (χ0n) is 16.4. The first-order valence-electron chi connectivity index (χ1n) is 9.91. The van der Waals surface area contributed by atoms with Crippen molar-refractivity contribution in [2.24, 2.45) is 0 Å². The van der Waals surface area contributed by atoms with Gasteiger partial charge in [-0.3, -0.25) is 0 Å². The predicted molar refractivity (Wildman–Crippen MR) is 112 cm³/mol. The third kappa shape index (κ3) is 6.37. The summed E-state index contributed by atoms with van der Waals surface area (Å²) in [6.45, 7) is 1.23. The minimum absolute atomic E-state index is 0.125. The van der Waals surface area contributed by atoms with E-state index >= 15 is 0 Å². The van der Waals surface area contributed by atoms with Crippen molar-refractivity contribution in [3.63, 3.8) is 0 Å². The first-order chi connectivity index (χ1) is 13.7. The molecule has 0 spiro atoms. The summed E-state index contributed by atoms with van der Waals surface area (Å²) in [6.07, 6.45) is 5.84. The highest BCUT2D eigenvalue weighted by Gasteiger charge is 2.15. The Morgan fingerprint density at radius 1 is 0.929 bits per heavy atom. The average Bonchev–Trinajstić information content (AvgIpc) is 2.73. The Morgan fingerprint density at radius 2 is 1.57 bits per heavy atom. The second-order valence-corrected chi connectivity index (χ2v) is 6.96. The van der Waals surface area contributed by atoms with Gasteiger partial charge in [-0.1, -0.05) is 19.3 Å². The molecule has 1 saturated carbocycles. The van der Waals surface area contributed by atoms with Crippen LogP contribution in [0.2, 0.25) is 0 Å². The van der Waals surface area contributed by atoms with Crippen LogP contribution in [0.3, 0.4) is 0 Å². The van der Waals surface area contributed by atoms with Crippen LogP contribution >= 0.6 is 0 Å². The molecule has 2 aromatic rings. The molecule has 2 aromatic carbocycles. The lowest BCUT2D eigenvalue weighted by Crippen LogP contribution is -2.38. The van der Waals surface area contributed by atoms with E-state index in [9.17, 15) is 4.79 Å². The highest BCUT2D eigenvalue weighted by molar-refractivity contribution is 5.89. The molecule has 0 atom stereocenters. The summed E-state index contributed by atoms with van der Waals surface area (Å²) in [6, 6.07) is 15.4. The number of hydrogen-bond acceptors (Lipinski definition) is 4. The summed E-state index contributed by atoms with van der Waals surface area (Å²) in [7, 11) is 1.64. The summed E-state index contributed by atoms with van der Waals surface area (Å²) in [5, 5.41) is 9.26. The first-order valence-corrected chi connectivity index (χ1v) is 9.91. The van der Waals surface area contributed by atoms with Gasteiger partial charge in [0.25, 0.3) is 0 Å². The number of amides is 2. The lowest BCUT2D eigenvalue weighted by molar-refractivity contribution is 0.244. The zero-order chi connectivity index (χ0) is 19.6. The molecule has 6 heteroatoms. The van der Waals surface area contributed by atoms with Crippen molar-refractivity contribution < 1.29 is 14.3 Å². The SMILES string of the molecule is COc1ccc(OCCNc2ccc(NC(=O)NC3CCCCC3)cc2)cc1. The number of rotatable bonds is 8. The molecular weight excluding hydrogens is 354 g/mol. The molecule has 0 saturated heterocycles. The van der Waals surface area contributed by atoms with Gasteiger partial charge < -0.3 is 25.4 Å². The fraction of sp³-hybridized carbons (Fsp3) is 0.409. The second-order valence-electron chi connectivity index (χ2n) is 6.96. The maximum Gasteiger partial charge on any atom is 0.319 e. The van der Waals surface area contributed by atoms with Crippen molar-refractivity contribution in [2.45, 2.75) is 38.1 Å². The van der Waals surface area contributed by atoms with Crippen LogP contribution in [0.4, 0.5) is 16.2 Å². The lowest BCUT2D eigenvalue weighted by Gasteiger charge is -2.22. The number of methoxy groups -OCH3 is 1. The second kappa shape index (κ2) is 10.4. The van der Waals surface area contributed by atoms with E-state index in [4.69, 9.17) is 9.47 Å². The molecular formula is C22H29N3O3. The first kappa shape index (κ1) is 19.9. The summed E-state index contributed by atoms with van der Waals surface area (Å²) >= 11 is 0. The van der Waals surface area contributed by atoms with Crippen LogP contribution < -0.4 is 25.4 Å². The van der Waals surface area contributed by atoms with E-state index in [2.05, 4.69) is 16.0 Å². The lowest BCUT2D eigenvalue weighted by atomic mass is 9.96. The van der Waals surface area contributed by atoms with Gasteiger partial charge in [0.2, 0.25) is 0 Å². The van der Waals surface area contributed by atoms with Gasteiger partial charge in [0.15, 0.2) is 0 Å². The molecule has 0 aromatic heterocycles. The van der Waals surface area contributed by atoms with Gasteiger partial charge in [0, 0.05) is 24.0 Å². The third-order valence-electron chi connectivity index (χ3n) is 4.84. The fourth-order valence-electron chi connectivity index (χ4n) is 3.31. The molecule has 0 aliphatic heterocycles. The van der Waals surface area contributed by atoms with E-state index in [1.54, 1.807) is 7.11 Å². The van der Waals surface area contributed by atoms with Crippen LogP contribution in [0.15, 0.2) is 48.5 Å². The van der Waals surface area contributed by atoms with Crippen LogP contribution in [0.1, 0.15) is 32.1 Å². The molecule has 2 amide bonds. The molecule has 0 unspecified atom stereocenters. The molecule has 3 rings (SSSR count). The Balaban J connectivity index is 1.35. The van der Waals surface area contributed by atoms with Crippen molar-refractivity contribution in [3.8, 4) is 11.5 Å². The highest BCUT2D eigenvalue weighted by Crippen LogP contribution is 2.19. The fourth-order valence-corrected chi connectivity index (χ4v) is 3.31. The van der Waals surface area contributed by atoms with Gasteiger partial charge in [0.05, 0.1) is 7.11 Å². The van der Waals surface area contributed by atoms with Gasteiger partial charge in [-0.05, 0) is 61.4 Å². The molecule has 1 fully saturated rings. The number of benzene rings is 2. The van der Waals surface area contributed by atoms with E-state index in [0.29, 0.717) is 19.2 Å². The maximum atomic E-state index is 12.1. The van der Waals surface area contributed by atoms with Crippen LogP contribution in [-0.2, 0) is 0 Å². The summed E-state index contributed by atoms with van der Waals surface area (Å²) in [4.78, 5) is 12.1. The topological polar surface area (TPSA) is 71.6 Å². The van der Waals surface area contributed by atoms with Crippen molar-refractivity contribution in [2.75, 3.05) is 30.9 Å². The van der Waals surface area contributed by atoms with Gasteiger partial charge >= 0.3 is 6.03 Å². The van der Waals surface area contributed by atoms with Gasteiger partial charge in [0.1, 0.15) is 18.1 Å². The molecule has 6 nitrogen and oxygen atoms in total. The van der Waals surface area contributed by atoms with E-state index < -0.39 is 0 Å². The predicted octanol–water partition coefficient (Wildman–Crippen LogP) is 4.64. The Bertz CT molecular complexity index is 726. The van der Waals surface area contributed by atoms with E-state index in [-0.39, 0.29) is 6.03 Å². The minimum atomic E-state index is -0.125. The molecule has 1 aliphatic rings. The maximum absolute atomic E-state index is 12.1. The number of hydrogen-bond donors (Lipinski definition) is 3. The molecule has 150 valence electrons. The Hall–Kier alpha value is -2.89. The molecule has 0 radical (unpaired) electrons. The summed E-state index contributed by atoms with van der Waals surface area (Å²) in [5.41, 5.74) is 1.77. The van der Waals surface area contributed by atoms with Crippen molar-refractivity contribution in [1.29, 1.82) is 0 Å². The number of urea groups is 1. The van der Waals surface area contributed by atoms with Crippen molar-refractivity contribution in [1.82, 2.24) is 5.32 Å². The van der Waals surface area contributed by atoms with Gasteiger partial charge in [-0.25, -0.2) is 4.79 Å². The monoisotopic (exact) mass is 383 g/mol. The summed E-state index contributed by atoms with van der Waals surface area (Å²) < 4.78 is 10.8. The number of carbonyl (C=O) groups excluding carboxylic acids is 1. The van der Waals surface area contributed by atoms with Crippen LogP contribution in [0.25, 0.3) is 0 Å². The average molecular weight is 383 g/mol. The van der Waals surface area contributed by atoms with Crippen molar-refractivity contribution >= 4 is 17.4 Å². The zero-order valence-corrected chi connectivity index (χ0v) is 16.4. The molecule has 1 aliphatic carbocycles. The molecule has 0 heterocycles. The number of carbonyl (C=O) groups is 1. The van der Waals surface area contributed by atoms with E-state index in [1.165, 1.54) is 19.3 Å². The van der Waals surface area contributed by atoms with Crippen LogP contribution in [0.5, 0.6) is 11.5 Å². The smallest absolute Gasteiger partial charge is 0.319 e. The Kier molecular flexibility index (Phi) is 7.41. The minimum Gasteiger partial charge on any atom is -0.497 e. The highest BCUT2D eigenvalue weighted by atomic mass is 16.5. The van der Waals surface area contributed by atoms with Crippen molar-refractivity contribution in [3.05, 3.63) is 48.5 Å². The summed E-state index contributed by atoms with van der Waals surface area (Å²) in [5.74, 6) is 1.62. The number of anilines is 2. The Labute approximate surface area is 166 Å². The Morgan fingerprint density at radius 3 is 2.25 bits per heavy atom. The standard InChI is InChI=1S/C22H29N3O3/c1-27-20-11-13-21(14-12-20)28-16-15-23-17-7-9-19(10-8-17)25-22(26)24-18-5-3-2-4-6-18/h7-14,18,23H,2-6,15-16H2,1H3,(H2,24,25,26). The van der Waals surface area contributed by atoms with Crippen LogP contribution in [0, 0.1) is 0 Å². The van der Waals surface area contributed by atoms with E-state index in [1.807, 2.05) is 48.5 Å². The van der Waals surface area contributed by atoms with Gasteiger partial charge in [-0.2, -0.15) is 0 Å². The normalized spacial score (nSPS) is 14.2. The quantitative estimate of drug-likeness (QED) is 0.581. The largest absolute Gasteiger partial charge is 0.497 e. The van der Waals surface area contributed by atoms with Gasteiger partial charge in [-0.15, -0.1) is 0 Å². The molecule has 3 N–H and O–H groups in total. The molecule has 0 bridgehead atoms. The molecule has 28 heavy (non-hydrogen) atoms. The number of nitrogens with one attached hydrogen (secondary N) is 3. The van der Waals surface area contributed by atoms with Crippen LogP contribution in [-0.4, -0.2) is 32.3 Å². The number of ether oxygens (including phenoxy) is 2. The third-order valence-corrected chi connectivity index (χ3v) is 4.84. The van der Waals surface area contributed by atoms with E-state index in [0.717, 1.165) is 35.7 Å².